The first-order valence-corrected chi connectivity index (χ1v) is 6.90. The molecule has 0 saturated carbocycles. The van der Waals surface area contributed by atoms with Gasteiger partial charge in [0.1, 0.15) is 10.1 Å². The number of carbonyl (C=O) groups is 1. The average Bonchev–Trinajstić information content (AvgIpc) is 2.67. The van der Waals surface area contributed by atoms with E-state index in [-0.39, 0.29) is 5.91 Å². The summed E-state index contributed by atoms with van der Waals surface area (Å²) >= 11 is 6.23. The van der Waals surface area contributed by atoms with E-state index in [1.165, 1.54) is 11.8 Å². The Morgan fingerprint density at radius 2 is 2.22 bits per heavy atom. The van der Waals surface area contributed by atoms with Gasteiger partial charge in [-0.15, -0.1) is 0 Å². The molecule has 5 heteroatoms. The lowest BCUT2D eigenvalue weighted by atomic mass is 10.2. The van der Waals surface area contributed by atoms with E-state index in [9.17, 15) is 4.79 Å². The normalized spacial score (nSPS) is 17.1. The number of thiocarbonyl (C=S) groups is 1. The molecule has 0 radical (unpaired) electrons. The molecule has 1 amide bonds. The lowest BCUT2D eigenvalue weighted by Crippen LogP contribution is -2.17. The molecule has 0 aromatic heterocycles. The molecule has 1 heterocycles. The van der Waals surface area contributed by atoms with Crippen molar-refractivity contribution in [1.82, 2.24) is 5.32 Å². The molecule has 1 aliphatic heterocycles. The van der Waals surface area contributed by atoms with Gasteiger partial charge in [0, 0.05) is 5.56 Å². The van der Waals surface area contributed by atoms with Crippen molar-refractivity contribution in [3.63, 3.8) is 0 Å². The average molecular weight is 279 g/mol. The molecule has 94 valence electrons. The smallest absolute Gasteiger partial charge is 0.263 e. The Labute approximate surface area is 116 Å². The number of amides is 1. The van der Waals surface area contributed by atoms with Gasteiger partial charge >= 0.3 is 0 Å². The van der Waals surface area contributed by atoms with Gasteiger partial charge in [-0.1, -0.05) is 49.1 Å². The number of benzene rings is 1. The monoisotopic (exact) mass is 279 g/mol. The van der Waals surface area contributed by atoms with Gasteiger partial charge in [0.05, 0.1) is 11.5 Å². The van der Waals surface area contributed by atoms with E-state index in [0.717, 1.165) is 17.7 Å². The van der Waals surface area contributed by atoms with Crippen LogP contribution in [0.15, 0.2) is 29.2 Å². The Balaban J connectivity index is 2.25. The number of ether oxygens (including phenoxy) is 1. The summed E-state index contributed by atoms with van der Waals surface area (Å²) in [5.41, 5.74) is 0.897. The quantitative estimate of drug-likeness (QED) is 0.679. The predicted octanol–water partition coefficient (Wildman–Crippen LogP) is 2.96. The summed E-state index contributed by atoms with van der Waals surface area (Å²) in [4.78, 5) is 12.2. The van der Waals surface area contributed by atoms with Gasteiger partial charge in [0.15, 0.2) is 0 Å². The number of rotatable bonds is 4. The van der Waals surface area contributed by atoms with Crippen LogP contribution in [0, 0.1) is 0 Å². The second-order valence-corrected chi connectivity index (χ2v) is 5.46. The molecule has 3 nitrogen and oxygen atoms in total. The minimum absolute atomic E-state index is 0.143. The van der Waals surface area contributed by atoms with Crippen LogP contribution in [0.2, 0.25) is 0 Å². The molecular weight excluding hydrogens is 266 g/mol. The molecule has 1 saturated heterocycles. The summed E-state index contributed by atoms with van der Waals surface area (Å²) < 4.78 is 6.14. The molecule has 0 atom stereocenters. The Hall–Kier alpha value is -1.33. The van der Waals surface area contributed by atoms with E-state index in [1.54, 1.807) is 0 Å². The van der Waals surface area contributed by atoms with Crippen LogP contribution in [0.5, 0.6) is 5.75 Å². The minimum atomic E-state index is -0.143. The van der Waals surface area contributed by atoms with Crippen LogP contribution in [0.1, 0.15) is 18.9 Å². The third-order valence-electron chi connectivity index (χ3n) is 2.31. The van der Waals surface area contributed by atoms with E-state index < -0.39 is 0 Å². The molecule has 1 N–H and O–H groups in total. The highest BCUT2D eigenvalue weighted by molar-refractivity contribution is 8.26. The van der Waals surface area contributed by atoms with Crippen LogP contribution < -0.4 is 10.1 Å². The molecule has 1 aliphatic rings. The van der Waals surface area contributed by atoms with E-state index >= 15 is 0 Å². The van der Waals surface area contributed by atoms with Crippen molar-refractivity contribution in [2.75, 3.05) is 6.61 Å². The van der Waals surface area contributed by atoms with Crippen LogP contribution >= 0.6 is 24.0 Å². The minimum Gasteiger partial charge on any atom is -0.493 e. The third-order valence-corrected chi connectivity index (χ3v) is 3.47. The van der Waals surface area contributed by atoms with E-state index in [1.807, 2.05) is 30.3 Å². The molecular formula is C13H13NO2S2. The first-order valence-electron chi connectivity index (χ1n) is 5.67. The fraction of sp³-hybridized carbons (Fsp3) is 0.231. The second kappa shape index (κ2) is 6.02. The summed E-state index contributed by atoms with van der Waals surface area (Å²) in [6.07, 6.45) is 2.76. The molecule has 0 spiro atoms. The molecule has 1 fully saturated rings. The van der Waals surface area contributed by atoms with Crippen molar-refractivity contribution in [1.29, 1.82) is 0 Å². The van der Waals surface area contributed by atoms with Crippen molar-refractivity contribution in [2.45, 2.75) is 13.3 Å². The Morgan fingerprint density at radius 1 is 1.44 bits per heavy atom. The van der Waals surface area contributed by atoms with Crippen LogP contribution in [-0.4, -0.2) is 16.8 Å². The standard InChI is InChI=1S/C13H13NO2S2/c1-2-7-16-10-6-4-3-5-9(10)8-11-12(15)14-13(17)18-11/h3-6,8H,2,7H2,1H3,(H,14,15,17). The summed E-state index contributed by atoms with van der Waals surface area (Å²) in [7, 11) is 0. The maximum Gasteiger partial charge on any atom is 0.263 e. The van der Waals surface area contributed by atoms with Gasteiger partial charge in [0.2, 0.25) is 0 Å². The van der Waals surface area contributed by atoms with Gasteiger partial charge in [0.25, 0.3) is 5.91 Å². The van der Waals surface area contributed by atoms with Crippen molar-refractivity contribution in [3.8, 4) is 5.75 Å². The number of hydrogen-bond donors (Lipinski definition) is 1. The van der Waals surface area contributed by atoms with Gasteiger partial charge in [-0.05, 0) is 18.6 Å². The molecule has 0 aliphatic carbocycles. The van der Waals surface area contributed by atoms with Gasteiger partial charge in [-0.25, -0.2) is 0 Å². The predicted molar refractivity (Wildman–Crippen MR) is 78.5 cm³/mol. The van der Waals surface area contributed by atoms with E-state index in [4.69, 9.17) is 17.0 Å². The lowest BCUT2D eigenvalue weighted by molar-refractivity contribution is -0.115. The lowest BCUT2D eigenvalue weighted by Gasteiger charge is -2.07. The molecule has 1 aromatic carbocycles. The topological polar surface area (TPSA) is 38.3 Å². The van der Waals surface area contributed by atoms with Crippen molar-refractivity contribution in [3.05, 3.63) is 34.7 Å². The van der Waals surface area contributed by atoms with Gasteiger partial charge in [-0.3, -0.25) is 4.79 Å². The Morgan fingerprint density at radius 3 is 2.89 bits per heavy atom. The number of thioether (sulfide) groups is 1. The fourth-order valence-corrected chi connectivity index (χ4v) is 2.54. The van der Waals surface area contributed by atoms with E-state index in [2.05, 4.69) is 12.2 Å². The number of carbonyl (C=O) groups excluding carboxylic acids is 1. The summed E-state index contributed by atoms with van der Waals surface area (Å²) in [6, 6.07) is 7.66. The summed E-state index contributed by atoms with van der Waals surface area (Å²) in [5, 5.41) is 2.60. The Kier molecular flexibility index (Phi) is 4.38. The zero-order valence-corrected chi connectivity index (χ0v) is 11.6. The van der Waals surface area contributed by atoms with Crippen LogP contribution in [0.25, 0.3) is 6.08 Å². The summed E-state index contributed by atoms with van der Waals surface area (Å²) in [5.74, 6) is 0.647. The third kappa shape index (κ3) is 3.11. The fourth-order valence-electron chi connectivity index (χ4n) is 1.51. The summed E-state index contributed by atoms with van der Waals surface area (Å²) in [6.45, 7) is 2.72. The first kappa shape index (κ1) is 13.1. The Bertz CT molecular complexity index is 511. The molecule has 0 unspecified atom stereocenters. The zero-order valence-electron chi connectivity index (χ0n) is 9.93. The van der Waals surface area contributed by atoms with Crippen LogP contribution in [0.3, 0.4) is 0 Å². The SMILES string of the molecule is CCCOc1ccccc1C=C1SC(=S)NC1=O. The second-order valence-electron chi connectivity index (χ2n) is 3.74. The molecule has 0 bridgehead atoms. The van der Waals surface area contributed by atoms with Gasteiger partial charge < -0.3 is 10.1 Å². The van der Waals surface area contributed by atoms with Crippen LogP contribution in [-0.2, 0) is 4.79 Å². The molecule has 1 aromatic rings. The molecule has 18 heavy (non-hydrogen) atoms. The van der Waals surface area contributed by atoms with Gasteiger partial charge in [-0.2, -0.15) is 0 Å². The largest absolute Gasteiger partial charge is 0.493 e. The maximum absolute atomic E-state index is 11.6. The zero-order chi connectivity index (χ0) is 13.0. The highest BCUT2D eigenvalue weighted by atomic mass is 32.2. The van der Waals surface area contributed by atoms with E-state index in [0.29, 0.717) is 15.8 Å². The molecule has 2 rings (SSSR count). The van der Waals surface area contributed by atoms with Crippen molar-refractivity contribution in [2.24, 2.45) is 0 Å². The van der Waals surface area contributed by atoms with Crippen LogP contribution in [0.4, 0.5) is 0 Å². The van der Waals surface area contributed by atoms with Crippen molar-refractivity contribution < 1.29 is 9.53 Å². The first-order chi connectivity index (χ1) is 8.70. The number of hydrogen-bond acceptors (Lipinski definition) is 4. The highest BCUT2D eigenvalue weighted by Crippen LogP contribution is 2.29. The number of nitrogens with one attached hydrogen (secondary N) is 1. The maximum atomic E-state index is 11.6. The van der Waals surface area contributed by atoms with Crippen molar-refractivity contribution >= 4 is 40.3 Å². The number of para-hydroxylation sites is 1. The highest BCUT2D eigenvalue weighted by Gasteiger charge is 2.22.